The van der Waals surface area contributed by atoms with E-state index in [1.807, 2.05) is 0 Å². The van der Waals surface area contributed by atoms with Crippen molar-refractivity contribution in [3.8, 4) is 0 Å². The Morgan fingerprint density at radius 1 is 1.38 bits per heavy atom. The van der Waals surface area contributed by atoms with Gasteiger partial charge in [0.25, 0.3) is 0 Å². The number of hydrogen-bond donors (Lipinski definition) is 1. The third kappa shape index (κ3) is 1.98. The molecule has 2 saturated carbocycles. The van der Waals surface area contributed by atoms with Gasteiger partial charge in [-0.3, -0.25) is 4.79 Å². The normalized spacial score (nSPS) is 36.5. The molecule has 3 heteroatoms. The Balaban J connectivity index is 1.74. The molecule has 2 aliphatic rings. The van der Waals surface area contributed by atoms with Gasteiger partial charge in [0.2, 0.25) is 5.91 Å². The first kappa shape index (κ1) is 9.32. The van der Waals surface area contributed by atoms with Crippen LogP contribution in [0.15, 0.2) is 0 Å². The predicted octanol–water partition coefficient (Wildman–Crippen LogP) is 1.78. The lowest BCUT2D eigenvalue weighted by Gasteiger charge is -2.21. The van der Waals surface area contributed by atoms with Crippen molar-refractivity contribution >= 4 is 17.5 Å². The second-order valence-corrected chi connectivity index (χ2v) is 4.64. The van der Waals surface area contributed by atoms with Gasteiger partial charge in [0.15, 0.2) is 0 Å². The van der Waals surface area contributed by atoms with Crippen LogP contribution in [0.1, 0.15) is 25.7 Å². The van der Waals surface area contributed by atoms with Crippen LogP contribution in [0.25, 0.3) is 0 Å². The van der Waals surface area contributed by atoms with Crippen LogP contribution in [0.3, 0.4) is 0 Å². The Labute approximate surface area is 84.0 Å². The number of nitrogens with one attached hydrogen (secondary N) is 1. The van der Waals surface area contributed by atoms with Crippen LogP contribution in [0, 0.1) is 17.8 Å². The summed E-state index contributed by atoms with van der Waals surface area (Å²) in [6, 6.07) is 0. The molecule has 0 aliphatic heterocycles. The summed E-state index contributed by atoms with van der Waals surface area (Å²) in [5.74, 6) is 2.67. The molecule has 0 heterocycles. The zero-order chi connectivity index (χ0) is 9.26. The fourth-order valence-electron chi connectivity index (χ4n) is 2.92. The lowest BCUT2D eigenvalue weighted by Crippen LogP contribution is -2.32. The zero-order valence-corrected chi connectivity index (χ0v) is 8.52. The molecule has 2 rings (SSSR count). The molecule has 3 unspecified atom stereocenters. The highest BCUT2D eigenvalue weighted by molar-refractivity contribution is 6.27. The second kappa shape index (κ2) is 3.87. The Kier molecular flexibility index (Phi) is 2.77. The minimum Gasteiger partial charge on any atom is -0.355 e. The van der Waals surface area contributed by atoms with Gasteiger partial charge in [0.05, 0.1) is 0 Å². The number of halogens is 1. The summed E-state index contributed by atoms with van der Waals surface area (Å²) in [5.41, 5.74) is 0. The van der Waals surface area contributed by atoms with E-state index < -0.39 is 0 Å². The highest BCUT2D eigenvalue weighted by Crippen LogP contribution is 2.47. The molecule has 0 saturated heterocycles. The number of hydrogen-bond acceptors (Lipinski definition) is 1. The topological polar surface area (TPSA) is 29.1 Å². The fraction of sp³-hybridized carbons (Fsp3) is 0.900. The summed E-state index contributed by atoms with van der Waals surface area (Å²) in [4.78, 5) is 10.9. The zero-order valence-electron chi connectivity index (χ0n) is 7.76. The summed E-state index contributed by atoms with van der Waals surface area (Å²) in [7, 11) is 0. The van der Waals surface area contributed by atoms with E-state index in [1.54, 1.807) is 0 Å². The van der Waals surface area contributed by atoms with Gasteiger partial charge in [-0.1, -0.05) is 6.42 Å². The van der Waals surface area contributed by atoms with Gasteiger partial charge >= 0.3 is 0 Å². The van der Waals surface area contributed by atoms with Crippen molar-refractivity contribution in [2.75, 3.05) is 12.4 Å². The number of carbonyl (C=O) groups is 1. The Morgan fingerprint density at radius 3 is 2.77 bits per heavy atom. The average Bonchev–Trinajstić information content (AvgIpc) is 2.74. The number of carbonyl (C=O) groups excluding carboxylic acids is 1. The SMILES string of the molecule is O=C(CCl)NCC1CC2CCC1C2. The molecular formula is C10H16ClNO. The summed E-state index contributed by atoms with van der Waals surface area (Å²) < 4.78 is 0. The van der Waals surface area contributed by atoms with E-state index in [1.165, 1.54) is 25.7 Å². The maximum atomic E-state index is 10.9. The van der Waals surface area contributed by atoms with E-state index in [2.05, 4.69) is 5.32 Å². The first-order valence-electron chi connectivity index (χ1n) is 5.12. The molecule has 2 bridgehead atoms. The molecule has 0 aromatic carbocycles. The molecule has 74 valence electrons. The summed E-state index contributed by atoms with van der Waals surface area (Å²) in [5, 5.41) is 2.89. The Bertz CT molecular complexity index is 207. The lowest BCUT2D eigenvalue weighted by molar-refractivity contribution is -0.118. The van der Waals surface area contributed by atoms with Crippen LogP contribution < -0.4 is 5.32 Å². The van der Waals surface area contributed by atoms with Gasteiger partial charge in [-0.15, -0.1) is 11.6 Å². The quantitative estimate of drug-likeness (QED) is 0.693. The molecule has 2 aliphatic carbocycles. The van der Waals surface area contributed by atoms with Crippen LogP contribution in [0.5, 0.6) is 0 Å². The summed E-state index contributed by atoms with van der Waals surface area (Å²) in [6.07, 6.45) is 5.53. The number of alkyl halides is 1. The van der Waals surface area contributed by atoms with Crippen LogP contribution >= 0.6 is 11.6 Å². The third-order valence-corrected chi connectivity index (χ3v) is 3.81. The minimum atomic E-state index is -0.0237. The van der Waals surface area contributed by atoms with E-state index in [0.29, 0.717) is 0 Å². The minimum absolute atomic E-state index is 0.0237. The molecule has 13 heavy (non-hydrogen) atoms. The second-order valence-electron chi connectivity index (χ2n) is 4.37. The molecular weight excluding hydrogens is 186 g/mol. The molecule has 1 N–H and O–H groups in total. The Hall–Kier alpha value is -0.240. The van der Waals surface area contributed by atoms with Gasteiger partial charge in [-0.2, -0.15) is 0 Å². The van der Waals surface area contributed by atoms with E-state index in [4.69, 9.17) is 11.6 Å². The van der Waals surface area contributed by atoms with E-state index in [-0.39, 0.29) is 11.8 Å². The molecule has 0 aromatic rings. The maximum Gasteiger partial charge on any atom is 0.234 e. The van der Waals surface area contributed by atoms with Gasteiger partial charge in [-0.25, -0.2) is 0 Å². The monoisotopic (exact) mass is 201 g/mol. The lowest BCUT2D eigenvalue weighted by atomic mass is 9.89. The number of amides is 1. The van der Waals surface area contributed by atoms with E-state index in [0.717, 1.165) is 24.3 Å². The summed E-state index contributed by atoms with van der Waals surface area (Å²) in [6.45, 7) is 0.854. The smallest absolute Gasteiger partial charge is 0.234 e. The van der Waals surface area contributed by atoms with Crippen molar-refractivity contribution in [1.29, 1.82) is 0 Å². The van der Waals surface area contributed by atoms with Crippen molar-refractivity contribution < 1.29 is 4.79 Å². The van der Waals surface area contributed by atoms with Crippen molar-refractivity contribution in [3.63, 3.8) is 0 Å². The fourth-order valence-corrected chi connectivity index (χ4v) is 3.01. The highest BCUT2D eigenvalue weighted by Gasteiger charge is 2.39. The van der Waals surface area contributed by atoms with Gasteiger partial charge in [0, 0.05) is 6.54 Å². The van der Waals surface area contributed by atoms with Crippen LogP contribution in [0.4, 0.5) is 0 Å². The van der Waals surface area contributed by atoms with E-state index >= 15 is 0 Å². The molecule has 0 spiro atoms. The van der Waals surface area contributed by atoms with Gasteiger partial charge in [0.1, 0.15) is 5.88 Å². The van der Waals surface area contributed by atoms with Crippen LogP contribution in [-0.4, -0.2) is 18.3 Å². The standard InChI is InChI=1S/C10H16ClNO/c11-5-10(13)12-6-9-4-7-1-2-8(9)3-7/h7-9H,1-6H2,(H,12,13). The van der Waals surface area contributed by atoms with Crippen molar-refractivity contribution in [3.05, 3.63) is 0 Å². The van der Waals surface area contributed by atoms with Crippen molar-refractivity contribution in [2.45, 2.75) is 25.7 Å². The number of fused-ring (bicyclic) bond motifs is 2. The van der Waals surface area contributed by atoms with Gasteiger partial charge in [-0.05, 0) is 37.0 Å². The molecule has 3 atom stereocenters. The first-order chi connectivity index (χ1) is 6.29. The van der Waals surface area contributed by atoms with Crippen molar-refractivity contribution in [1.82, 2.24) is 5.32 Å². The van der Waals surface area contributed by atoms with E-state index in [9.17, 15) is 4.79 Å². The average molecular weight is 202 g/mol. The molecule has 0 aromatic heterocycles. The highest BCUT2D eigenvalue weighted by atomic mass is 35.5. The molecule has 0 radical (unpaired) electrons. The van der Waals surface area contributed by atoms with Gasteiger partial charge < -0.3 is 5.32 Å². The summed E-state index contributed by atoms with van der Waals surface area (Å²) >= 11 is 5.40. The largest absolute Gasteiger partial charge is 0.355 e. The maximum absolute atomic E-state index is 10.9. The van der Waals surface area contributed by atoms with Crippen LogP contribution in [-0.2, 0) is 4.79 Å². The predicted molar refractivity (Wildman–Crippen MR) is 52.7 cm³/mol. The Morgan fingerprint density at radius 2 is 2.23 bits per heavy atom. The molecule has 2 fully saturated rings. The molecule has 2 nitrogen and oxygen atoms in total. The third-order valence-electron chi connectivity index (χ3n) is 3.57. The molecule has 1 amide bonds. The number of rotatable bonds is 3. The first-order valence-corrected chi connectivity index (χ1v) is 5.65. The van der Waals surface area contributed by atoms with Crippen LogP contribution in [0.2, 0.25) is 0 Å². The van der Waals surface area contributed by atoms with Crippen molar-refractivity contribution in [2.24, 2.45) is 17.8 Å².